The van der Waals surface area contributed by atoms with Gasteiger partial charge in [-0.1, -0.05) is 0 Å². The van der Waals surface area contributed by atoms with E-state index in [0.717, 1.165) is 0 Å². The molecule has 2 unspecified atom stereocenters. The third kappa shape index (κ3) is 4.64. The molecule has 136 valence electrons. The Bertz CT molecular complexity index is 782. The van der Waals surface area contributed by atoms with Gasteiger partial charge in [0.2, 0.25) is 0 Å². The maximum absolute atomic E-state index is 11.6. The molecule has 0 aliphatic rings. The minimum atomic E-state index is -1.39. The van der Waals surface area contributed by atoms with Gasteiger partial charge in [0.1, 0.15) is 23.5 Å². The zero-order valence-corrected chi connectivity index (χ0v) is 14.0. The van der Waals surface area contributed by atoms with Crippen molar-refractivity contribution in [1.82, 2.24) is 15.3 Å². The highest BCUT2D eigenvalue weighted by molar-refractivity contribution is 5.86. The molecule has 10 nitrogen and oxygen atoms in total. The number of hydrogen-bond donors (Lipinski definition) is 4. The maximum Gasteiger partial charge on any atom is 0.407 e. The van der Waals surface area contributed by atoms with Crippen molar-refractivity contribution in [2.24, 2.45) is 0 Å². The number of nitrogens with zero attached hydrogens (tertiary/aromatic N) is 2. The highest BCUT2D eigenvalue weighted by atomic mass is 16.6. The number of hydrogen-bond acceptors (Lipinski definition) is 7. The quantitative estimate of drug-likeness (QED) is 0.469. The normalized spacial score (nSPS) is 14.1. The predicted molar refractivity (Wildman–Crippen MR) is 88.0 cm³/mol. The van der Waals surface area contributed by atoms with Crippen molar-refractivity contribution in [2.45, 2.75) is 38.6 Å². The topological polar surface area (TPSA) is 151 Å². The number of H-pyrrole nitrogens is 1. The van der Waals surface area contributed by atoms with Crippen molar-refractivity contribution in [3.63, 3.8) is 0 Å². The first kappa shape index (κ1) is 18.6. The van der Waals surface area contributed by atoms with E-state index in [1.165, 1.54) is 18.5 Å². The van der Waals surface area contributed by atoms with E-state index in [-0.39, 0.29) is 23.2 Å². The monoisotopic (exact) mass is 352 g/mol. The van der Waals surface area contributed by atoms with Gasteiger partial charge < -0.3 is 25.3 Å². The average molecular weight is 352 g/mol. The number of carbonyl (C=O) groups excluding carboxylic acids is 1. The van der Waals surface area contributed by atoms with Gasteiger partial charge in [0.15, 0.2) is 0 Å². The van der Waals surface area contributed by atoms with E-state index in [0.29, 0.717) is 5.65 Å². The Morgan fingerprint density at radius 2 is 2.16 bits per heavy atom. The number of carbonyl (C=O) groups is 1. The van der Waals surface area contributed by atoms with Crippen molar-refractivity contribution in [2.75, 3.05) is 6.54 Å². The van der Waals surface area contributed by atoms with E-state index in [2.05, 4.69) is 15.3 Å². The summed E-state index contributed by atoms with van der Waals surface area (Å²) < 4.78 is 5.03. The number of ether oxygens (including phenoxy) is 1. The lowest BCUT2D eigenvalue weighted by Gasteiger charge is -2.22. The molecule has 4 N–H and O–H groups in total. The van der Waals surface area contributed by atoms with Gasteiger partial charge in [-0.25, -0.2) is 9.78 Å². The molecule has 10 heteroatoms. The van der Waals surface area contributed by atoms with Crippen LogP contribution >= 0.6 is 0 Å². The fraction of sp³-hybridized carbons (Fsp3) is 0.467. The number of alkyl carbamates (subject to hydrolysis) is 1. The van der Waals surface area contributed by atoms with Gasteiger partial charge in [-0.15, -0.1) is 0 Å². The first-order chi connectivity index (χ1) is 11.6. The first-order valence-electron chi connectivity index (χ1n) is 7.53. The Labute approximate surface area is 143 Å². The third-order valence-electron chi connectivity index (χ3n) is 3.29. The molecule has 0 spiro atoms. The summed E-state index contributed by atoms with van der Waals surface area (Å²) >= 11 is 0. The Morgan fingerprint density at radius 1 is 1.48 bits per heavy atom. The van der Waals surface area contributed by atoms with Crippen LogP contribution in [-0.4, -0.2) is 49.4 Å². The van der Waals surface area contributed by atoms with Crippen LogP contribution in [0.15, 0.2) is 18.5 Å². The van der Waals surface area contributed by atoms with E-state index in [1.807, 2.05) is 0 Å². The fourth-order valence-electron chi connectivity index (χ4n) is 2.15. The van der Waals surface area contributed by atoms with E-state index in [1.54, 1.807) is 20.8 Å². The third-order valence-corrected chi connectivity index (χ3v) is 3.29. The number of aromatic nitrogens is 2. The minimum Gasteiger partial charge on any atom is -0.444 e. The van der Waals surface area contributed by atoms with Crippen LogP contribution in [-0.2, 0) is 4.74 Å². The number of rotatable bonds is 5. The van der Waals surface area contributed by atoms with Gasteiger partial charge in [0, 0.05) is 18.3 Å². The first-order valence-corrected chi connectivity index (χ1v) is 7.53. The average Bonchev–Trinajstić information content (AvgIpc) is 2.93. The van der Waals surface area contributed by atoms with Crippen LogP contribution in [0.3, 0.4) is 0 Å². The number of aliphatic hydroxyl groups is 2. The van der Waals surface area contributed by atoms with Gasteiger partial charge in [-0.3, -0.25) is 10.1 Å². The summed E-state index contributed by atoms with van der Waals surface area (Å²) in [6, 6.07) is 1.37. The second kappa shape index (κ2) is 7.03. The predicted octanol–water partition coefficient (Wildman–Crippen LogP) is 1.39. The Kier molecular flexibility index (Phi) is 5.24. The Hall–Kier alpha value is -2.72. The fourth-order valence-corrected chi connectivity index (χ4v) is 2.15. The number of nitro groups is 1. The highest BCUT2D eigenvalue weighted by Crippen LogP contribution is 2.27. The lowest BCUT2D eigenvalue weighted by Crippen LogP contribution is -2.38. The molecule has 2 atom stereocenters. The maximum atomic E-state index is 11.6. The number of aromatic amines is 1. The molecule has 0 fully saturated rings. The lowest BCUT2D eigenvalue weighted by atomic mass is 10.1. The molecule has 2 heterocycles. The van der Waals surface area contributed by atoms with Crippen LogP contribution in [0.4, 0.5) is 10.5 Å². The number of fused-ring (bicyclic) bond motifs is 1. The van der Waals surface area contributed by atoms with Gasteiger partial charge in [0.05, 0.1) is 16.5 Å². The molecule has 0 aromatic carbocycles. The van der Waals surface area contributed by atoms with Gasteiger partial charge in [0.25, 0.3) is 5.69 Å². The van der Waals surface area contributed by atoms with Gasteiger partial charge in [-0.05, 0) is 26.8 Å². The smallest absolute Gasteiger partial charge is 0.407 e. The van der Waals surface area contributed by atoms with Gasteiger partial charge in [-0.2, -0.15) is 0 Å². The van der Waals surface area contributed by atoms with Crippen molar-refractivity contribution in [3.8, 4) is 0 Å². The summed E-state index contributed by atoms with van der Waals surface area (Å²) in [4.78, 5) is 28.6. The van der Waals surface area contributed by atoms with Crippen molar-refractivity contribution < 1.29 is 24.7 Å². The molecule has 2 aromatic heterocycles. The van der Waals surface area contributed by atoms with Crippen molar-refractivity contribution in [3.05, 3.63) is 34.1 Å². The highest BCUT2D eigenvalue weighted by Gasteiger charge is 2.23. The zero-order chi connectivity index (χ0) is 18.8. The van der Waals surface area contributed by atoms with E-state index in [9.17, 15) is 25.1 Å². The number of pyridine rings is 1. The van der Waals surface area contributed by atoms with Crippen molar-refractivity contribution in [1.29, 1.82) is 0 Å². The summed E-state index contributed by atoms with van der Waals surface area (Å²) in [5, 5.41) is 33.8. The zero-order valence-electron chi connectivity index (χ0n) is 14.0. The van der Waals surface area contributed by atoms with Crippen LogP contribution in [0.5, 0.6) is 0 Å². The molecular formula is C15H20N4O6. The Morgan fingerprint density at radius 3 is 2.76 bits per heavy atom. The SMILES string of the molecule is CC(C)(C)OC(=O)NCC(O)C(O)c1cnc2[nH]cc([N+](=O)[O-])c2c1. The number of amides is 1. The van der Waals surface area contributed by atoms with E-state index in [4.69, 9.17) is 4.74 Å². The molecule has 2 rings (SSSR count). The molecule has 0 aliphatic carbocycles. The Balaban J connectivity index is 2.07. The largest absolute Gasteiger partial charge is 0.444 e. The van der Waals surface area contributed by atoms with Crippen LogP contribution in [0.2, 0.25) is 0 Å². The van der Waals surface area contributed by atoms with E-state index >= 15 is 0 Å². The minimum absolute atomic E-state index is 0.182. The number of aliphatic hydroxyl groups excluding tert-OH is 2. The van der Waals surface area contributed by atoms with Crippen molar-refractivity contribution >= 4 is 22.8 Å². The summed E-state index contributed by atoms with van der Waals surface area (Å²) in [6.45, 7) is 4.83. The molecule has 0 bridgehead atoms. The molecular weight excluding hydrogens is 332 g/mol. The summed E-state index contributed by atoms with van der Waals surface area (Å²) in [7, 11) is 0. The molecule has 2 aromatic rings. The molecule has 0 saturated carbocycles. The van der Waals surface area contributed by atoms with Crippen LogP contribution in [0.1, 0.15) is 32.4 Å². The summed E-state index contributed by atoms with van der Waals surface area (Å²) in [6.07, 6.45) is -0.960. The standard InChI is InChI=1S/C15H20N4O6/c1-15(2,3)25-14(22)18-7-11(20)12(21)8-4-9-10(19(23)24)6-17-13(9)16-5-8/h4-6,11-12,20-21H,7H2,1-3H3,(H,16,17)(H,18,22). The second-order valence-electron chi connectivity index (χ2n) is 6.49. The second-order valence-corrected chi connectivity index (χ2v) is 6.49. The molecule has 0 radical (unpaired) electrons. The van der Waals surface area contributed by atoms with Crippen LogP contribution in [0, 0.1) is 10.1 Å². The van der Waals surface area contributed by atoms with Crippen LogP contribution < -0.4 is 5.32 Å². The molecule has 1 amide bonds. The van der Waals surface area contributed by atoms with E-state index < -0.39 is 28.8 Å². The summed E-state index contributed by atoms with van der Waals surface area (Å²) in [5.74, 6) is 0. The molecule has 0 saturated heterocycles. The number of nitrogens with one attached hydrogen (secondary N) is 2. The lowest BCUT2D eigenvalue weighted by molar-refractivity contribution is -0.383. The van der Waals surface area contributed by atoms with Crippen LogP contribution in [0.25, 0.3) is 11.0 Å². The molecule has 25 heavy (non-hydrogen) atoms. The summed E-state index contributed by atoms with van der Waals surface area (Å²) in [5.41, 5.74) is -0.383. The molecule has 0 aliphatic heterocycles. The van der Waals surface area contributed by atoms with Gasteiger partial charge >= 0.3 is 6.09 Å².